The van der Waals surface area contributed by atoms with Crippen molar-refractivity contribution in [3.63, 3.8) is 0 Å². The van der Waals surface area contributed by atoms with Crippen LogP contribution in [-0.2, 0) is 23.6 Å². The van der Waals surface area contributed by atoms with Gasteiger partial charge in [0.2, 0.25) is 10.0 Å². The summed E-state index contributed by atoms with van der Waals surface area (Å²) >= 11 is 0. The number of sulfonamides is 1. The standard InChI is InChI=1S/C11H13N3O3S/c1-14-9(5-6-12-14)8-13-18(16,17)11-4-2-3-10(15)7-11/h2-7,13,15H,8H2,1H3. The molecule has 0 unspecified atom stereocenters. The number of rotatable bonds is 4. The number of phenolic OH excluding ortho intramolecular Hbond substituents is 1. The van der Waals surface area contributed by atoms with Crippen molar-refractivity contribution in [2.75, 3.05) is 0 Å². The van der Waals surface area contributed by atoms with Crippen LogP contribution in [0.1, 0.15) is 5.69 Å². The highest BCUT2D eigenvalue weighted by Gasteiger charge is 2.14. The van der Waals surface area contributed by atoms with Gasteiger partial charge in [0.1, 0.15) is 5.75 Å². The van der Waals surface area contributed by atoms with E-state index in [4.69, 9.17) is 0 Å². The summed E-state index contributed by atoms with van der Waals surface area (Å²) in [5.41, 5.74) is 0.749. The first-order valence-corrected chi connectivity index (χ1v) is 6.73. The van der Waals surface area contributed by atoms with Gasteiger partial charge in [-0.3, -0.25) is 4.68 Å². The second kappa shape index (κ2) is 4.79. The molecule has 1 heterocycles. The zero-order chi connectivity index (χ0) is 13.2. The highest BCUT2D eigenvalue weighted by atomic mass is 32.2. The van der Waals surface area contributed by atoms with Gasteiger partial charge in [0.15, 0.2) is 0 Å². The van der Waals surface area contributed by atoms with Crippen LogP contribution in [0.15, 0.2) is 41.4 Å². The van der Waals surface area contributed by atoms with E-state index in [1.54, 1.807) is 24.0 Å². The largest absolute Gasteiger partial charge is 0.508 e. The average Bonchev–Trinajstić information content (AvgIpc) is 2.72. The Hall–Kier alpha value is -1.86. The van der Waals surface area contributed by atoms with E-state index in [1.807, 2.05) is 0 Å². The summed E-state index contributed by atoms with van der Waals surface area (Å²) in [6.07, 6.45) is 1.60. The maximum Gasteiger partial charge on any atom is 0.241 e. The highest BCUT2D eigenvalue weighted by molar-refractivity contribution is 7.89. The first-order valence-electron chi connectivity index (χ1n) is 5.24. The highest BCUT2D eigenvalue weighted by Crippen LogP contribution is 2.15. The molecule has 6 nitrogen and oxygen atoms in total. The van der Waals surface area contributed by atoms with Gasteiger partial charge in [0.25, 0.3) is 0 Å². The molecular formula is C11H13N3O3S. The van der Waals surface area contributed by atoms with E-state index >= 15 is 0 Å². The van der Waals surface area contributed by atoms with Crippen molar-refractivity contribution in [1.29, 1.82) is 0 Å². The van der Waals surface area contributed by atoms with E-state index in [9.17, 15) is 13.5 Å². The van der Waals surface area contributed by atoms with E-state index in [0.717, 1.165) is 5.69 Å². The third-order valence-electron chi connectivity index (χ3n) is 2.49. The first-order chi connectivity index (χ1) is 8.49. The van der Waals surface area contributed by atoms with Crippen LogP contribution in [0, 0.1) is 0 Å². The zero-order valence-corrected chi connectivity index (χ0v) is 10.6. The molecule has 2 N–H and O–H groups in total. The summed E-state index contributed by atoms with van der Waals surface area (Å²) in [5.74, 6) is -0.0848. The second-order valence-corrected chi connectivity index (χ2v) is 5.54. The van der Waals surface area contributed by atoms with Crippen LogP contribution in [-0.4, -0.2) is 23.3 Å². The average molecular weight is 267 g/mol. The molecule has 96 valence electrons. The van der Waals surface area contributed by atoms with Crippen molar-refractivity contribution in [2.24, 2.45) is 7.05 Å². The summed E-state index contributed by atoms with van der Waals surface area (Å²) in [5, 5.41) is 13.2. The predicted molar refractivity (Wildman–Crippen MR) is 65.3 cm³/mol. The lowest BCUT2D eigenvalue weighted by molar-refractivity contribution is 0.473. The Labute approximate surface area is 105 Å². The molecule has 0 bridgehead atoms. The monoisotopic (exact) mass is 267 g/mol. The molecular weight excluding hydrogens is 254 g/mol. The van der Waals surface area contributed by atoms with Crippen LogP contribution in [0.5, 0.6) is 5.75 Å². The van der Waals surface area contributed by atoms with Crippen LogP contribution in [0.2, 0.25) is 0 Å². The molecule has 0 aliphatic rings. The van der Waals surface area contributed by atoms with Gasteiger partial charge in [-0.25, -0.2) is 13.1 Å². The lowest BCUT2D eigenvalue weighted by Crippen LogP contribution is -2.24. The summed E-state index contributed by atoms with van der Waals surface area (Å²) in [6, 6.07) is 7.25. The maximum absolute atomic E-state index is 11.9. The molecule has 0 radical (unpaired) electrons. The minimum atomic E-state index is -3.63. The topological polar surface area (TPSA) is 84.2 Å². The third kappa shape index (κ3) is 2.69. The molecule has 0 saturated heterocycles. The Morgan fingerprint density at radius 2 is 2.17 bits per heavy atom. The number of aromatic nitrogens is 2. The Morgan fingerprint density at radius 3 is 2.78 bits per heavy atom. The molecule has 0 aliphatic heterocycles. The minimum Gasteiger partial charge on any atom is -0.508 e. The number of nitrogens with one attached hydrogen (secondary N) is 1. The van der Waals surface area contributed by atoms with Crippen LogP contribution < -0.4 is 4.72 Å². The fourth-order valence-corrected chi connectivity index (χ4v) is 2.52. The van der Waals surface area contributed by atoms with Gasteiger partial charge in [-0.2, -0.15) is 5.10 Å². The van der Waals surface area contributed by atoms with Gasteiger partial charge in [-0.1, -0.05) is 6.07 Å². The zero-order valence-electron chi connectivity index (χ0n) is 9.74. The SMILES string of the molecule is Cn1nccc1CNS(=O)(=O)c1cccc(O)c1. The smallest absolute Gasteiger partial charge is 0.241 e. The maximum atomic E-state index is 11.9. The molecule has 0 aliphatic carbocycles. The number of nitrogens with zero attached hydrogens (tertiary/aromatic N) is 2. The first kappa shape index (κ1) is 12.6. The van der Waals surface area contributed by atoms with Crippen LogP contribution >= 0.6 is 0 Å². The fourth-order valence-electron chi connectivity index (χ4n) is 1.48. The summed E-state index contributed by atoms with van der Waals surface area (Å²) in [7, 11) is -1.89. The Bertz CT molecular complexity index is 649. The Balaban J connectivity index is 2.16. The van der Waals surface area contributed by atoms with Crippen LogP contribution in [0.25, 0.3) is 0 Å². The van der Waals surface area contributed by atoms with Crippen molar-refractivity contribution >= 4 is 10.0 Å². The van der Waals surface area contributed by atoms with Gasteiger partial charge in [-0.05, 0) is 24.3 Å². The predicted octanol–water partition coefficient (Wildman–Crippen LogP) is 0.604. The molecule has 2 aromatic rings. The van der Waals surface area contributed by atoms with Crippen LogP contribution in [0.3, 0.4) is 0 Å². The number of benzene rings is 1. The normalized spacial score (nSPS) is 11.6. The van der Waals surface area contributed by atoms with Crippen LogP contribution in [0.4, 0.5) is 0 Å². The molecule has 0 atom stereocenters. The van der Waals surface area contributed by atoms with Gasteiger partial charge < -0.3 is 5.11 Å². The molecule has 2 rings (SSSR count). The summed E-state index contributed by atoms with van der Waals surface area (Å²) in [4.78, 5) is 0.0321. The fraction of sp³-hybridized carbons (Fsp3) is 0.182. The lowest BCUT2D eigenvalue weighted by Gasteiger charge is -2.07. The van der Waals surface area contributed by atoms with Crippen molar-refractivity contribution in [1.82, 2.24) is 14.5 Å². The molecule has 0 spiro atoms. The van der Waals surface area contributed by atoms with Gasteiger partial charge in [0.05, 0.1) is 17.1 Å². The third-order valence-corrected chi connectivity index (χ3v) is 3.89. The molecule has 0 fully saturated rings. The van der Waals surface area contributed by atoms with Crippen molar-refractivity contribution in [3.8, 4) is 5.75 Å². The number of hydrogen-bond donors (Lipinski definition) is 2. The van der Waals surface area contributed by atoms with Gasteiger partial charge in [0, 0.05) is 13.2 Å². The second-order valence-electron chi connectivity index (χ2n) is 3.77. The molecule has 1 aromatic heterocycles. The van der Waals surface area contributed by atoms with Crippen molar-refractivity contribution in [3.05, 3.63) is 42.2 Å². The van der Waals surface area contributed by atoms with Crippen molar-refractivity contribution < 1.29 is 13.5 Å². The van der Waals surface area contributed by atoms with E-state index in [0.29, 0.717) is 0 Å². The van der Waals surface area contributed by atoms with E-state index in [-0.39, 0.29) is 17.2 Å². The van der Waals surface area contributed by atoms with E-state index in [1.165, 1.54) is 24.3 Å². The number of aryl methyl sites for hydroxylation is 1. The summed E-state index contributed by atoms with van der Waals surface area (Å²) in [6.45, 7) is 0.147. The number of aromatic hydroxyl groups is 1. The number of hydrogen-bond acceptors (Lipinski definition) is 4. The quantitative estimate of drug-likeness (QED) is 0.849. The Morgan fingerprint density at radius 1 is 1.39 bits per heavy atom. The molecule has 18 heavy (non-hydrogen) atoms. The lowest BCUT2D eigenvalue weighted by atomic mass is 10.3. The van der Waals surface area contributed by atoms with E-state index in [2.05, 4.69) is 9.82 Å². The molecule has 1 aromatic carbocycles. The van der Waals surface area contributed by atoms with Gasteiger partial charge in [-0.15, -0.1) is 0 Å². The van der Waals surface area contributed by atoms with E-state index < -0.39 is 10.0 Å². The summed E-state index contributed by atoms with van der Waals surface area (Å²) < 4.78 is 27.9. The minimum absolute atomic E-state index is 0.0321. The molecule has 0 amide bonds. The number of phenols is 1. The van der Waals surface area contributed by atoms with Crippen molar-refractivity contribution in [2.45, 2.75) is 11.4 Å². The molecule has 7 heteroatoms. The Kier molecular flexibility index (Phi) is 3.35. The molecule has 0 saturated carbocycles. The van der Waals surface area contributed by atoms with Gasteiger partial charge >= 0.3 is 0 Å².